The standard InChI is InChI=1S/C16H17N3O5S/c1-11-6-7-12(9-14(11)25(22,23)17-2)19-15(20)10-24-16(21)13-5-3-4-8-18-13/h3-9,17H,10H2,1-2H3,(H,19,20). The van der Waals surface area contributed by atoms with Crippen molar-refractivity contribution < 1.29 is 22.7 Å². The lowest BCUT2D eigenvalue weighted by Gasteiger charge is -2.10. The number of benzene rings is 1. The van der Waals surface area contributed by atoms with Crippen LogP contribution in [0.4, 0.5) is 5.69 Å². The van der Waals surface area contributed by atoms with Gasteiger partial charge in [0.2, 0.25) is 10.0 Å². The van der Waals surface area contributed by atoms with E-state index in [4.69, 9.17) is 4.74 Å². The molecule has 9 heteroatoms. The van der Waals surface area contributed by atoms with Gasteiger partial charge >= 0.3 is 5.97 Å². The molecule has 0 radical (unpaired) electrons. The molecule has 25 heavy (non-hydrogen) atoms. The molecule has 0 spiro atoms. The lowest BCUT2D eigenvalue weighted by molar-refractivity contribution is -0.119. The van der Waals surface area contributed by atoms with Crippen LogP contribution in [0.2, 0.25) is 0 Å². The maximum Gasteiger partial charge on any atom is 0.357 e. The van der Waals surface area contributed by atoms with E-state index in [2.05, 4.69) is 15.0 Å². The van der Waals surface area contributed by atoms with Crippen molar-refractivity contribution in [1.82, 2.24) is 9.71 Å². The Morgan fingerprint density at radius 2 is 1.96 bits per heavy atom. The number of hydrogen-bond donors (Lipinski definition) is 2. The van der Waals surface area contributed by atoms with Gasteiger partial charge in [-0.05, 0) is 43.8 Å². The zero-order chi connectivity index (χ0) is 18.4. The smallest absolute Gasteiger partial charge is 0.357 e. The molecule has 1 aromatic carbocycles. The topological polar surface area (TPSA) is 114 Å². The second-order valence-corrected chi connectivity index (χ2v) is 6.88. The number of carbonyl (C=O) groups excluding carboxylic acids is 2. The van der Waals surface area contributed by atoms with Crippen LogP contribution in [0.15, 0.2) is 47.5 Å². The number of rotatable bonds is 6. The third-order valence-electron chi connectivity index (χ3n) is 3.24. The first-order valence-corrected chi connectivity index (χ1v) is 8.74. The molecule has 1 amide bonds. The van der Waals surface area contributed by atoms with Crippen molar-refractivity contribution in [2.75, 3.05) is 19.0 Å². The molecule has 0 saturated heterocycles. The molecule has 2 aromatic rings. The highest BCUT2D eigenvalue weighted by molar-refractivity contribution is 7.89. The average Bonchev–Trinajstić information content (AvgIpc) is 2.62. The van der Waals surface area contributed by atoms with Gasteiger partial charge in [0.25, 0.3) is 5.91 Å². The normalized spacial score (nSPS) is 11.0. The summed E-state index contributed by atoms with van der Waals surface area (Å²) >= 11 is 0. The summed E-state index contributed by atoms with van der Waals surface area (Å²) in [5, 5.41) is 2.48. The summed E-state index contributed by atoms with van der Waals surface area (Å²) in [6.07, 6.45) is 1.44. The minimum absolute atomic E-state index is 0.0540. The van der Waals surface area contributed by atoms with Crippen LogP contribution in [0.3, 0.4) is 0 Å². The largest absolute Gasteiger partial charge is 0.451 e. The van der Waals surface area contributed by atoms with Crippen molar-refractivity contribution in [3.63, 3.8) is 0 Å². The molecule has 0 saturated carbocycles. The van der Waals surface area contributed by atoms with E-state index in [0.717, 1.165) is 0 Å². The van der Waals surface area contributed by atoms with Gasteiger partial charge in [0.15, 0.2) is 6.61 Å². The Kier molecular flexibility index (Phi) is 5.84. The van der Waals surface area contributed by atoms with E-state index in [9.17, 15) is 18.0 Å². The summed E-state index contributed by atoms with van der Waals surface area (Å²) in [7, 11) is -2.34. The molecule has 0 unspecified atom stereocenters. The maximum absolute atomic E-state index is 11.9. The summed E-state index contributed by atoms with van der Waals surface area (Å²) in [6, 6.07) is 9.20. The molecule has 2 N–H and O–H groups in total. The fourth-order valence-electron chi connectivity index (χ4n) is 1.96. The quantitative estimate of drug-likeness (QED) is 0.743. The van der Waals surface area contributed by atoms with E-state index >= 15 is 0 Å². The first-order valence-electron chi connectivity index (χ1n) is 7.25. The van der Waals surface area contributed by atoms with Crippen molar-refractivity contribution >= 4 is 27.6 Å². The number of aromatic nitrogens is 1. The number of esters is 1. The minimum atomic E-state index is -3.64. The molecule has 8 nitrogen and oxygen atoms in total. The van der Waals surface area contributed by atoms with Crippen molar-refractivity contribution in [3.8, 4) is 0 Å². The van der Waals surface area contributed by atoms with Crippen molar-refractivity contribution in [1.29, 1.82) is 0 Å². The Morgan fingerprint density at radius 1 is 1.20 bits per heavy atom. The predicted octanol–water partition coefficient (Wildman–Crippen LogP) is 1.09. The van der Waals surface area contributed by atoms with Gasteiger partial charge in [0.1, 0.15) is 5.69 Å². The Bertz CT molecular complexity index is 882. The lowest BCUT2D eigenvalue weighted by Crippen LogP contribution is -2.22. The van der Waals surface area contributed by atoms with Crippen LogP contribution in [0, 0.1) is 6.92 Å². The van der Waals surface area contributed by atoms with Gasteiger partial charge in [-0.15, -0.1) is 0 Å². The first kappa shape index (κ1) is 18.6. The molecule has 2 rings (SSSR count). The summed E-state index contributed by atoms with van der Waals surface area (Å²) < 4.78 is 30.9. The monoisotopic (exact) mass is 363 g/mol. The van der Waals surface area contributed by atoms with Gasteiger partial charge in [-0.3, -0.25) is 4.79 Å². The van der Waals surface area contributed by atoms with Crippen LogP contribution in [0.25, 0.3) is 0 Å². The lowest BCUT2D eigenvalue weighted by atomic mass is 10.2. The van der Waals surface area contributed by atoms with Gasteiger partial charge in [-0.25, -0.2) is 22.9 Å². The number of hydrogen-bond acceptors (Lipinski definition) is 6. The molecular weight excluding hydrogens is 346 g/mol. The van der Waals surface area contributed by atoms with Gasteiger partial charge < -0.3 is 10.1 Å². The Labute approximate surface area is 145 Å². The predicted molar refractivity (Wildman–Crippen MR) is 90.6 cm³/mol. The average molecular weight is 363 g/mol. The summed E-state index contributed by atoms with van der Waals surface area (Å²) in [6.45, 7) is 1.13. The molecule has 1 heterocycles. The molecular formula is C16H17N3O5S. The highest BCUT2D eigenvalue weighted by Gasteiger charge is 2.16. The SMILES string of the molecule is CNS(=O)(=O)c1cc(NC(=O)COC(=O)c2ccccn2)ccc1C. The zero-order valence-electron chi connectivity index (χ0n) is 13.6. The van der Waals surface area contributed by atoms with Crippen LogP contribution in [0.5, 0.6) is 0 Å². The molecule has 0 atom stereocenters. The van der Waals surface area contributed by atoms with E-state index in [-0.39, 0.29) is 16.3 Å². The number of nitrogens with zero attached hydrogens (tertiary/aromatic N) is 1. The van der Waals surface area contributed by atoms with Gasteiger partial charge in [-0.2, -0.15) is 0 Å². The number of carbonyl (C=O) groups is 2. The van der Waals surface area contributed by atoms with E-state index in [0.29, 0.717) is 5.56 Å². The molecule has 0 fully saturated rings. The fraction of sp³-hybridized carbons (Fsp3) is 0.188. The Balaban J connectivity index is 2.01. The first-order chi connectivity index (χ1) is 11.8. The van der Waals surface area contributed by atoms with Gasteiger partial charge in [0.05, 0.1) is 4.90 Å². The molecule has 132 valence electrons. The van der Waals surface area contributed by atoms with Gasteiger partial charge in [-0.1, -0.05) is 12.1 Å². The minimum Gasteiger partial charge on any atom is -0.451 e. The fourth-order valence-corrected chi connectivity index (χ4v) is 2.96. The summed E-state index contributed by atoms with van der Waals surface area (Å²) in [5.41, 5.74) is 0.903. The molecule has 0 aliphatic heterocycles. The number of aryl methyl sites for hydroxylation is 1. The summed E-state index contributed by atoms with van der Waals surface area (Å²) in [4.78, 5) is 27.5. The van der Waals surface area contributed by atoms with Crippen LogP contribution < -0.4 is 10.0 Å². The van der Waals surface area contributed by atoms with Crippen molar-refractivity contribution in [2.24, 2.45) is 0 Å². The second-order valence-electron chi connectivity index (χ2n) is 5.03. The van der Waals surface area contributed by atoms with E-state index in [1.807, 2.05) is 0 Å². The van der Waals surface area contributed by atoms with Crippen molar-refractivity contribution in [3.05, 3.63) is 53.9 Å². The Morgan fingerprint density at radius 3 is 2.60 bits per heavy atom. The van der Waals surface area contributed by atoms with Crippen molar-refractivity contribution in [2.45, 2.75) is 11.8 Å². The van der Waals surface area contributed by atoms with Crippen LogP contribution in [-0.2, 0) is 19.6 Å². The van der Waals surface area contributed by atoms with Gasteiger partial charge in [0, 0.05) is 11.9 Å². The molecule has 0 aliphatic carbocycles. The van der Waals surface area contributed by atoms with E-state index < -0.39 is 28.5 Å². The van der Waals surface area contributed by atoms with Crippen LogP contribution in [-0.4, -0.2) is 38.9 Å². The second kappa shape index (κ2) is 7.86. The number of anilines is 1. The highest BCUT2D eigenvalue weighted by atomic mass is 32.2. The van der Waals surface area contributed by atoms with E-state index in [1.165, 1.54) is 25.4 Å². The molecule has 0 bridgehead atoms. The number of pyridine rings is 1. The highest BCUT2D eigenvalue weighted by Crippen LogP contribution is 2.19. The third-order valence-corrected chi connectivity index (χ3v) is 4.79. The van der Waals surface area contributed by atoms with Crippen LogP contribution >= 0.6 is 0 Å². The number of sulfonamides is 1. The molecule has 1 aromatic heterocycles. The maximum atomic E-state index is 11.9. The third kappa shape index (κ3) is 4.85. The Hall–Kier alpha value is -2.78. The van der Waals surface area contributed by atoms with E-state index in [1.54, 1.807) is 31.2 Å². The number of ether oxygens (including phenoxy) is 1. The number of amides is 1. The molecule has 0 aliphatic rings. The zero-order valence-corrected chi connectivity index (χ0v) is 14.5. The number of nitrogens with one attached hydrogen (secondary N) is 2. The summed E-state index contributed by atoms with van der Waals surface area (Å²) in [5.74, 6) is -1.32. The van der Waals surface area contributed by atoms with Crippen LogP contribution in [0.1, 0.15) is 16.1 Å².